The Bertz CT molecular complexity index is 993. The number of nitrogens with one attached hydrogen (secondary N) is 2. The molecule has 0 atom stereocenters. The maximum absolute atomic E-state index is 12.2. The van der Waals surface area contributed by atoms with Crippen LogP contribution in [0.4, 0.5) is 10.5 Å². The van der Waals surface area contributed by atoms with Crippen molar-refractivity contribution in [3.05, 3.63) is 83.2 Å². The molecular weight excluding hydrogens is 382 g/mol. The van der Waals surface area contributed by atoms with Gasteiger partial charge in [-0.05, 0) is 60.9 Å². The van der Waals surface area contributed by atoms with Gasteiger partial charge in [0.25, 0.3) is 0 Å². The number of amides is 2. The standard InChI is InChI=1S/C23H25N3O4/c1-16-11-20(30-15-18-3-2-9-24-13-18)5-6-21(16)26-23(29)25-10-8-17-4-7-22(28)19(12-17)14-27/h2-7,9,11-13,27-28H,8,10,14-15H2,1H3,(H2,25,26,29). The van der Waals surface area contributed by atoms with Crippen molar-refractivity contribution in [1.82, 2.24) is 10.3 Å². The van der Waals surface area contributed by atoms with Crippen LogP contribution in [0.15, 0.2) is 60.9 Å². The highest BCUT2D eigenvalue weighted by Crippen LogP contribution is 2.22. The molecule has 156 valence electrons. The van der Waals surface area contributed by atoms with Crippen LogP contribution >= 0.6 is 0 Å². The average Bonchev–Trinajstić information content (AvgIpc) is 2.76. The first-order valence-electron chi connectivity index (χ1n) is 9.64. The first-order chi connectivity index (χ1) is 14.5. The quantitative estimate of drug-likeness (QED) is 0.457. The first kappa shape index (κ1) is 21.1. The minimum atomic E-state index is -0.303. The van der Waals surface area contributed by atoms with E-state index in [4.69, 9.17) is 4.74 Å². The topological polar surface area (TPSA) is 104 Å². The lowest BCUT2D eigenvalue weighted by molar-refractivity contribution is 0.252. The van der Waals surface area contributed by atoms with Gasteiger partial charge in [-0.25, -0.2) is 4.79 Å². The average molecular weight is 407 g/mol. The van der Waals surface area contributed by atoms with Crippen molar-refractivity contribution < 1.29 is 19.7 Å². The summed E-state index contributed by atoms with van der Waals surface area (Å²) in [5.41, 5.74) is 3.96. The molecule has 0 aliphatic carbocycles. The summed E-state index contributed by atoms with van der Waals surface area (Å²) in [6.07, 6.45) is 4.06. The van der Waals surface area contributed by atoms with Crippen LogP contribution in [0.25, 0.3) is 0 Å². The summed E-state index contributed by atoms with van der Waals surface area (Å²) in [4.78, 5) is 16.2. The third-order valence-corrected chi connectivity index (χ3v) is 4.59. The Morgan fingerprint density at radius 2 is 2.00 bits per heavy atom. The van der Waals surface area contributed by atoms with Crippen molar-refractivity contribution in [3.8, 4) is 11.5 Å². The van der Waals surface area contributed by atoms with Crippen LogP contribution in [-0.2, 0) is 19.6 Å². The van der Waals surface area contributed by atoms with Crippen LogP contribution in [0.1, 0.15) is 22.3 Å². The molecule has 0 bridgehead atoms. The maximum atomic E-state index is 12.2. The summed E-state index contributed by atoms with van der Waals surface area (Å²) in [7, 11) is 0. The number of urea groups is 1. The van der Waals surface area contributed by atoms with E-state index in [1.807, 2.05) is 31.2 Å². The summed E-state index contributed by atoms with van der Waals surface area (Å²) in [5.74, 6) is 0.782. The van der Waals surface area contributed by atoms with Crippen molar-refractivity contribution in [3.63, 3.8) is 0 Å². The van der Waals surface area contributed by atoms with Gasteiger partial charge in [0.05, 0.1) is 6.61 Å². The predicted octanol–water partition coefficient (Wildman–Crippen LogP) is 3.53. The Balaban J connectivity index is 1.47. The van der Waals surface area contributed by atoms with E-state index in [1.54, 1.807) is 36.7 Å². The van der Waals surface area contributed by atoms with E-state index in [2.05, 4.69) is 15.6 Å². The molecule has 0 radical (unpaired) electrons. The number of rotatable bonds is 8. The first-order valence-corrected chi connectivity index (χ1v) is 9.64. The molecule has 0 saturated carbocycles. The second-order valence-corrected chi connectivity index (χ2v) is 6.88. The second kappa shape index (κ2) is 10.3. The fourth-order valence-corrected chi connectivity index (χ4v) is 2.92. The van der Waals surface area contributed by atoms with Crippen LogP contribution < -0.4 is 15.4 Å². The number of nitrogens with zero attached hydrogens (tertiary/aromatic N) is 1. The Morgan fingerprint density at radius 1 is 1.13 bits per heavy atom. The van der Waals surface area contributed by atoms with Gasteiger partial charge in [0, 0.05) is 35.8 Å². The number of aliphatic hydroxyl groups excluding tert-OH is 1. The van der Waals surface area contributed by atoms with Crippen molar-refractivity contribution in [2.75, 3.05) is 11.9 Å². The van der Waals surface area contributed by atoms with Gasteiger partial charge in [0.15, 0.2) is 0 Å². The molecule has 3 aromatic rings. The number of carbonyl (C=O) groups excluding carboxylic acids is 1. The van der Waals surface area contributed by atoms with Gasteiger partial charge >= 0.3 is 6.03 Å². The number of aliphatic hydroxyl groups is 1. The smallest absolute Gasteiger partial charge is 0.319 e. The third kappa shape index (κ3) is 5.96. The van der Waals surface area contributed by atoms with E-state index >= 15 is 0 Å². The maximum Gasteiger partial charge on any atom is 0.319 e. The van der Waals surface area contributed by atoms with E-state index in [-0.39, 0.29) is 18.4 Å². The van der Waals surface area contributed by atoms with E-state index in [0.717, 1.165) is 16.7 Å². The number of aryl methyl sites for hydroxylation is 1. The SMILES string of the molecule is Cc1cc(OCc2cccnc2)ccc1NC(=O)NCCc1ccc(O)c(CO)c1. The molecule has 2 amide bonds. The van der Waals surface area contributed by atoms with E-state index in [9.17, 15) is 15.0 Å². The number of anilines is 1. The number of aromatic hydroxyl groups is 1. The van der Waals surface area contributed by atoms with Crippen molar-refractivity contribution >= 4 is 11.7 Å². The fraction of sp³-hybridized carbons (Fsp3) is 0.217. The summed E-state index contributed by atoms with van der Waals surface area (Å²) in [5, 5.41) is 24.4. The Kier molecular flexibility index (Phi) is 7.24. The summed E-state index contributed by atoms with van der Waals surface area (Å²) >= 11 is 0. The van der Waals surface area contributed by atoms with Gasteiger partial charge < -0.3 is 25.6 Å². The van der Waals surface area contributed by atoms with Gasteiger partial charge in [-0.15, -0.1) is 0 Å². The van der Waals surface area contributed by atoms with Crippen molar-refractivity contribution in [2.45, 2.75) is 26.6 Å². The summed E-state index contributed by atoms with van der Waals surface area (Å²) < 4.78 is 5.77. The second-order valence-electron chi connectivity index (χ2n) is 6.88. The zero-order chi connectivity index (χ0) is 21.3. The molecular formula is C23H25N3O4. The molecule has 7 nitrogen and oxygen atoms in total. The van der Waals surface area contributed by atoms with Crippen LogP contribution in [0.3, 0.4) is 0 Å². The molecule has 0 spiro atoms. The third-order valence-electron chi connectivity index (χ3n) is 4.59. The van der Waals surface area contributed by atoms with E-state index in [1.165, 1.54) is 0 Å². The van der Waals surface area contributed by atoms with Crippen LogP contribution in [0, 0.1) is 6.92 Å². The molecule has 4 N–H and O–H groups in total. The molecule has 0 saturated heterocycles. The highest BCUT2D eigenvalue weighted by atomic mass is 16.5. The molecule has 0 aliphatic rings. The summed E-state index contributed by atoms with van der Waals surface area (Å²) in [6.45, 7) is 2.52. The van der Waals surface area contributed by atoms with Gasteiger partial charge in [0.1, 0.15) is 18.1 Å². The lowest BCUT2D eigenvalue weighted by Crippen LogP contribution is -2.30. The zero-order valence-corrected chi connectivity index (χ0v) is 16.8. The number of aromatic nitrogens is 1. The molecule has 0 aliphatic heterocycles. The number of ether oxygens (including phenoxy) is 1. The molecule has 0 unspecified atom stereocenters. The lowest BCUT2D eigenvalue weighted by Gasteiger charge is -2.12. The summed E-state index contributed by atoms with van der Waals surface area (Å²) in [6, 6.07) is 14.0. The number of phenols is 1. The number of hydrogen-bond donors (Lipinski definition) is 4. The van der Waals surface area contributed by atoms with Crippen molar-refractivity contribution in [2.24, 2.45) is 0 Å². The van der Waals surface area contributed by atoms with Gasteiger partial charge in [0.2, 0.25) is 0 Å². The van der Waals surface area contributed by atoms with Gasteiger partial charge in [-0.1, -0.05) is 12.1 Å². The zero-order valence-electron chi connectivity index (χ0n) is 16.8. The number of pyridine rings is 1. The van der Waals surface area contributed by atoms with Crippen LogP contribution in [0.5, 0.6) is 11.5 Å². The fourth-order valence-electron chi connectivity index (χ4n) is 2.92. The monoisotopic (exact) mass is 407 g/mol. The normalized spacial score (nSPS) is 10.5. The largest absolute Gasteiger partial charge is 0.508 e. The molecule has 0 fully saturated rings. The van der Waals surface area contributed by atoms with Crippen LogP contribution in [0.2, 0.25) is 0 Å². The predicted molar refractivity (Wildman–Crippen MR) is 115 cm³/mol. The van der Waals surface area contributed by atoms with E-state index < -0.39 is 0 Å². The lowest BCUT2D eigenvalue weighted by atomic mass is 10.1. The molecule has 1 heterocycles. The molecule has 2 aromatic carbocycles. The molecule has 3 rings (SSSR count). The minimum Gasteiger partial charge on any atom is -0.508 e. The highest BCUT2D eigenvalue weighted by molar-refractivity contribution is 5.90. The van der Waals surface area contributed by atoms with E-state index in [0.29, 0.717) is 36.6 Å². The number of hydrogen-bond acceptors (Lipinski definition) is 5. The van der Waals surface area contributed by atoms with Crippen molar-refractivity contribution in [1.29, 1.82) is 0 Å². The molecule has 30 heavy (non-hydrogen) atoms. The molecule has 7 heteroatoms. The highest BCUT2D eigenvalue weighted by Gasteiger charge is 2.07. The van der Waals surface area contributed by atoms with Gasteiger partial charge in [-0.2, -0.15) is 0 Å². The Morgan fingerprint density at radius 3 is 2.73 bits per heavy atom. The minimum absolute atomic E-state index is 0.0651. The van der Waals surface area contributed by atoms with Gasteiger partial charge in [-0.3, -0.25) is 4.98 Å². The molecule has 1 aromatic heterocycles. The van der Waals surface area contributed by atoms with Crippen LogP contribution in [-0.4, -0.2) is 27.8 Å². The Hall–Kier alpha value is -3.58. The number of benzene rings is 2. The number of carbonyl (C=O) groups is 1. The Labute approximate surface area is 175 Å².